The Morgan fingerprint density at radius 3 is 2.50 bits per heavy atom. The number of thiophene rings is 1. The molecule has 0 aliphatic heterocycles. The molecule has 5 aromatic rings. The zero-order valence-electron chi connectivity index (χ0n) is 21.9. The average Bonchev–Trinajstić information content (AvgIpc) is 3.60. The third kappa shape index (κ3) is 5.85. The minimum Gasteiger partial charge on any atom is -0.497 e. The molecular weight excluding hydrogens is 553 g/mol. The van der Waals surface area contributed by atoms with Gasteiger partial charge < -0.3 is 14.8 Å². The Labute approximate surface area is 234 Å². The number of methoxy groups -OCH3 is 1. The van der Waals surface area contributed by atoms with Crippen LogP contribution < -0.4 is 14.8 Å². The lowest BCUT2D eigenvalue weighted by atomic mass is 10.0. The van der Waals surface area contributed by atoms with E-state index in [0.29, 0.717) is 11.5 Å². The molecule has 0 spiro atoms. The molecule has 0 saturated heterocycles. The maximum atomic E-state index is 13.4. The van der Waals surface area contributed by atoms with Gasteiger partial charge >= 0.3 is 0 Å². The summed E-state index contributed by atoms with van der Waals surface area (Å²) < 4.78 is 50.8. The number of carbonyl (C=O) groups is 1. The number of carbonyl (C=O) groups excluding carboxylic acids is 1. The van der Waals surface area contributed by atoms with Gasteiger partial charge in [-0.15, -0.1) is 11.3 Å². The highest BCUT2D eigenvalue weighted by atomic mass is 32.2. The van der Waals surface area contributed by atoms with Gasteiger partial charge in [0, 0.05) is 11.6 Å². The Morgan fingerprint density at radius 1 is 1.02 bits per heavy atom. The number of hydrogen-bond donors (Lipinski definition) is 1. The maximum absolute atomic E-state index is 13.4. The van der Waals surface area contributed by atoms with Crippen LogP contribution in [-0.4, -0.2) is 43.5 Å². The SMILES string of the molecule is COc1cccc([C@H](Oc2ccc3c(cnn3-c3ccc(F)cc3)c2)[C@H](C)NC(=O)c2ccc(S(C)(=O)=O)s2)c1. The maximum Gasteiger partial charge on any atom is 0.261 e. The standard InChI is InChI=1S/C29H26FN3O5S2/c1-18(32-29(34)26-13-14-27(39-26)40(3,35)36)28(19-5-4-6-23(15-19)37-2)38-24-11-12-25-20(16-24)17-31-33(25)22-9-7-21(30)8-10-22/h4-18,28H,1-3H3,(H,32,34)/t18-,28+/m0/s1. The topological polar surface area (TPSA) is 99.5 Å². The second kappa shape index (κ2) is 11.1. The van der Waals surface area contributed by atoms with E-state index in [1.165, 1.54) is 24.3 Å². The second-order valence-electron chi connectivity index (χ2n) is 9.22. The number of aromatic nitrogens is 2. The van der Waals surface area contributed by atoms with Crippen molar-refractivity contribution in [3.63, 3.8) is 0 Å². The molecule has 2 aromatic heterocycles. The van der Waals surface area contributed by atoms with E-state index in [2.05, 4.69) is 10.4 Å². The molecule has 0 fully saturated rings. The van der Waals surface area contributed by atoms with E-state index in [0.717, 1.165) is 39.7 Å². The van der Waals surface area contributed by atoms with Gasteiger partial charge in [0.2, 0.25) is 0 Å². The van der Waals surface area contributed by atoms with Crippen LogP contribution in [0.2, 0.25) is 0 Å². The summed E-state index contributed by atoms with van der Waals surface area (Å²) >= 11 is 0.919. The molecule has 40 heavy (non-hydrogen) atoms. The van der Waals surface area contributed by atoms with Gasteiger partial charge in [0.15, 0.2) is 9.84 Å². The van der Waals surface area contributed by atoms with Crippen LogP contribution in [0.3, 0.4) is 0 Å². The Balaban J connectivity index is 1.43. The molecule has 0 radical (unpaired) electrons. The van der Waals surface area contributed by atoms with Crippen LogP contribution in [0.25, 0.3) is 16.6 Å². The normalized spacial score (nSPS) is 13.1. The summed E-state index contributed by atoms with van der Waals surface area (Å²) in [5.41, 5.74) is 2.32. The molecule has 8 nitrogen and oxygen atoms in total. The highest BCUT2D eigenvalue weighted by molar-refractivity contribution is 7.92. The number of ether oxygens (including phenoxy) is 2. The third-order valence-corrected chi connectivity index (χ3v) is 9.18. The molecule has 11 heteroatoms. The Bertz CT molecular complexity index is 1780. The van der Waals surface area contributed by atoms with E-state index in [1.54, 1.807) is 30.1 Å². The van der Waals surface area contributed by atoms with Crippen molar-refractivity contribution in [3.05, 3.63) is 101 Å². The zero-order chi connectivity index (χ0) is 28.4. The van der Waals surface area contributed by atoms with Gasteiger partial charge in [-0.25, -0.2) is 17.5 Å². The molecule has 3 aromatic carbocycles. The molecule has 0 aliphatic rings. The number of hydrogen-bond acceptors (Lipinski definition) is 7. The van der Waals surface area contributed by atoms with Crippen LogP contribution in [0.1, 0.15) is 28.3 Å². The summed E-state index contributed by atoms with van der Waals surface area (Å²) in [7, 11) is -1.84. The molecule has 0 aliphatic carbocycles. The number of fused-ring (bicyclic) bond motifs is 1. The first-order valence-electron chi connectivity index (χ1n) is 12.3. The third-order valence-electron chi connectivity index (χ3n) is 6.28. The van der Waals surface area contributed by atoms with Crippen molar-refractivity contribution in [2.75, 3.05) is 13.4 Å². The van der Waals surface area contributed by atoms with E-state index in [9.17, 15) is 17.6 Å². The van der Waals surface area contributed by atoms with Crippen molar-refractivity contribution in [1.29, 1.82) is 0 Å². The van der Waals surface area contributed by atoms with Crippen molar-refractivity contribution in [2.45, 2.75) is 23.3 Å². The number of nitrogens with one attached hydrogen (secondary N) is 1. The van der Waals surface area contributed by atoms with E-state index < -0.39 is 27.9 Å². The van der Waals surface area contributed by atoms with Crippen molar-refractivity contribution in [2.24, 2.45) is 0 Å². The van der Waals surface area contributed by atoms with Crippen LogP contribution in [-0.2, 0) is 9.84 Å². The molecule has 0 saturated carbocycles. The monoisotopic (exact) mass is 579 g/mol. The molecule has 206 valence electrons. The van der Waals surface area contributed by atoms with Gasteiger partial charge in [-0.05, 0) is 79.2 Å². The summed E-state index contributed by atoms with van der Waals surface area (Å²) in [6.07, 6.45) is 2.20. The molecule has 2 heterocycles. The fourth-order valence-corrected chi connectivity index (χ4v) is 6.12. The summed E-state index contributed by atoms with van der Waals surface area (Å²) in [5, 5.41) is 8.21. The zero-order valence-corrected chi connectivity index (χ0v) is 23.5. The predicted molar refractivity (Wildman–Crippen MR) is 152 cm³/mol. The molecule has 2 atom stereocenters. The van der Waals surface area contributed by atoms with Crippen LogP contribution in [0.5, 0.6) is 11.5 Å². The average molecular weight is 580 g/mol. The number of sulfone groups is 1. The van der Waals surface area contributed by atoms with Crippen molar-refractivity contribution < 1.29 is 27.1 Å². The largest absolute Gasteiger partial charge is 0.497 e. The van der Waals surface area contributed by atoms with Gasteiger partial charge in [-0.1, -0.05) is 12.1 Å². The summed E-state index contributed by atoms with van der Waals surface area (Å²) in [4.78, 5) is 13.3. The lowest BCUT2D eigenvalue weighted by Gasteiger charge is -2.27. The molecular formula is C29H26FN3O5S2. The van der Waals surface area contributed by atoms with Gasteiger partial charge in [-0.2, -0.15) is 5.10 Å². The minimum atomic E-state index is -3.41. The van der Waals surface area contributed by atoms with Crippen LogP contribution in [0, 0.1) is 5.82 Å². The van der Waals surface area contributed by atoms with Gasteiger partial charge in [0.1, 0.15) is 27.6 Å². The fraction of sp³-hybridized carbons (Fsp3) is 0.172. The second-order valence-corrected chi connectivity index (χ2v) is 12.5. The van der Waals surface area contributed by atoms with E-state index in [1.807, 2.05) is 49.4 Å². The first kappa shape index (κ1) is 27.4. The first-order valence-corrected chi connectivity index (χ1v) is 15.0. The number of halogens is 1. The Morgan fingerprint density at radius 2 is 1.80 bits per heavy atom. The molecule has 5 rings (SSSR count). The quantitative estimate of drug-likeness (QED) is 0.245. The fourth-order valence-electron chi connectivity index (χ4n) is 4.29. The highest BCUT2D eigenvalue weighted by Crippen LogP contribution is 2.31. The van der Waals surface area contributed by atoms with E-state index in [-0.39, 0.29) is 14.9 Å². The number of nitrogens with zero attached hydrogens (tertiary/aromatic N) is 2. The smallest absolute Gasteiger partial charge is 0.261 e. The number of rotatable bonds is 9. The van der Waals surface area contributed by atoms with Gasteiger partial charge in [0.05, 0.1) is 35.4 Å². The van der Waals surface area contributed by atoms with Crippen molar-refractivity contribution in [1.82, 2.24) is 15.1 Å². The van der Waals surface area contributed by atoms with Crippen molar-refractivity contribution >= 4 is 38.0 Å². The summed E-state index contributed by atoms with van der Waals surface area (Å²) in [5.74, 6) is 0.461. The van der Waals surface area contributed by atoms with E-state index >= 15 is 0 Å². The van der Waals surface area contributed by atoms with Crippen LogP contribution >= 0.6 is 11.3 Å². The number of benzene rings is 3. The lowest BCUT2D eigenvalue weighted by Crippen LogP contribution is -2.39. The van der Waals surface area contributed by atoms with Gasteiger partial charge in [0.25, 0.3) is 5.91 Å². The molecule has 1 N–H and O–H groups in total. The highest BCUT2D eigenvalue weighted by Gasteiger charge is 2.26. The minimum absolute atomic E-state index is 0.125. The van der Waals surface area contributed by atoms with Crippen LogP contribution in [0.15, 0.2) is 89.3 Å². The number of amides is 1. The Kier molecular flexibility index (Phi) is 7.59. The van der Waals surface area contributed by atoms with Crippen LogP contribution in [0.4, 0.5) is 4.39 Å². The Hall–Kier alpha value is -4.22. The predicted octanol–water partition coefficient (Wildman–Crippen LogP) is 5.58. The molecule has 0 unspecified atom stereocenters. The summed E-state index contributed by atoms with van der Waals surface area (Å²) in [6, 6.07) is 21.4. The van der Waals surface area contributed by atoms with E-state index in [4.69, 9.17) is 9.47 Å². The molecule has 1 amide bonds. The lowest BCUT2D eigenvalue weighted by molar-refractivity contribution is 0.0886. The van der Waals surface area contributed by atoms with Gasteiger partial charge in [-0.3, -0.25) is 4.79 Å². The van der Waals surface area contributed by atoms with Crippen molar-refractivity contribution in [3.8, 4) is 17.2 Å². The summed E-state index contributed by atoms with van der Waals surface area (Å²) in [6.45, 7) is 1.82. The first-order chi connectivity index (χ1) is 19.1. The molecule has 0 bridgehead atoms.